The Bertz CT molecular complexity index is 897. The number of aromatic amines is 1. The molecule has 0 aliphatic carbocycles. The Labute approximate surface area is 135 Å². The van der Waals surface area contributed by atoms with Crippen LogP contribution in [-0.4, -0.2) is 35.6 Å². The SMILES string of the molecule is CN(C)CCc1cccc(-c2c[nH]c(=O)c3cccc(O)c23)c1. The third-order valence-electron chi connectivity index (χ3n) is 3.99. The number of pyridine rings is 1. The van der Waals surface area contributed by atoms with Gasteiger partial charge in [0.2, 0.25) is 0 Å². The second-order valence-corrected chi connectivity index (χ2v) is 5.98. The van der Waals surface area contributed by atoms with Gasteiger partial charge in [-0.1, -0.05) is 30.3 Å². The maximum Gasteiger partial charge on any atom is 0.255 e. The van der Waals surface area contributed by atoms with E-state index in [-0.39, 0.29) is 11.3 Å². The molecule has 23 heavy (non-hydrogen) atoms. The Balaban J connectivity index is 2.12. The maximum atomic E-state index is 12.0. The molecule has 4 nitrogen and oxygen atoms in total. The summed E-state index contributed by atoms with van der Waals surface area (Å²) in [5.41, 5.74) is 2.86. The van der Waals surface area contributed by atoms with Crippen LogP contribution in [0.5, 0.6) is 5.75 Å². The summed E-state index contributed by atoms with van der Waals surface area (Å²) in [6, 6.07) is 13.2. The minimum absolute atomic E-state index is 0.127. The standard InChI is InChI=1S/C19H20N2O2/c1-21(2)10-9-13-5-3-6-14(11-13)16-12-20-19(23)15-7-4-8-17(22)18(15)16/h3-8,11-12,22H,9-10H2,1-2H3,(H,20,23). The van der Waals surface area contributed by atoms with Crippen molar-refractivity contribution in [1.29, 1.82) is 0 Å². The van der Waals surface area contributed by atoms with Crippen LogP contribution in [0.4, 0.5) is 0 Å². The first-order valence-corrected chi connectivity index (χ1v) is 7.63. The van der Waals surface area contributed by atoms with E-state index < -0.39 is 0 Å². The van der Waals surface area contributed by atoms with Gasteiger partial charge in [0.05, 0.1) is 5.39 Å². The van der Waals surface area contributed by atoms with Crippen molar-refractivity contribution in [1.82, 2.24) is 9.88 Å². The number of hydrogen-bond donors (Lipinski definition) is 2. The van der Waals surface area contributed by atoms with Gasteiger partial charge < -0.3 is 15.0 Å². The highest BCUT2D eigenvalue weighted by Crippen LogP contribution is 2.32. The summed E-state index contributed by atoms with van der Waals surface area (Å²) in [5.74, 6) is 0.127. The quantitative estimate of drug-likeness (QED) is 0.779. The third-order valence-corrected chi connectivity index (χ3v) is 3.99. The molecule has 3 aromatic rings. The number of H-pyrrole nitrogens is 1. The van der Waals surface area contributed by atoms with Crippen molar-refractivity contribution in [2.75, 3.05) is 20.6 Å². The fourth-order valence-corrected chi connectivity index (χ4v) is 2.77. The monoisotopic (exact) mass is 308 g/mol. The minimum atomic E-state index is -0.191. The molecule has 4 heteroatoms. The van der Waals surface area contributed by atoms with Crippen LogP contribution in [0.25, 0.3) is 21.9 Å². The van der Waals surface area contributed by atoms with Gasteiger partial charge in [0, 0.05) is 23.7 Å². The van der Waals surface area contributed by atoms with E-state index in [9.17, 15) is 9.90 Å². The average molecular weight is 308 g/mol. The van der Waals surface area contributed by atoms with Crippen molar-refractivity contribution in [3.05, 3.63) is 64.6 Å². The number of aromatic hydroxyl groups is 1. The molecule has 0 saturated heterocycles. The number of phenols is 1. The molecular formula is C19H20N2O2. The van der Waals surface area contributed by atoms with Gasteiger partial charge in [-0.05, 0) is 43.8 Å². The minimum Gasteiger partial charge on any atom is -0.507 e. The van der Waals surface area contributed by atoms with Gasteiger partial charge in [0.15, 0.2) is 0 Å². The van der Waals surface area contributed by atoms with Crippen LogP contribution in [-0.2, 0) is 6.42 Å². The van der Waals surface area contributed by atoms with Crippen molar-refractivity contribution >= 4 is 10.8 Å². The van der Waals surface area contributed by atoms with Gasteiger partial charge in [-0.25, -0.2) is 0 Å². The summed E-state index contributed by atoms with van der Waals surface area (Å²) in [6.45, 7) is 0.973. The molecule has 1 aromatic heterocycles. The molecular weight excluding hydrogens is 288 g/mol. The van der Waals surface area contributed by atoms with E-state index in [0.717, 1.165) is 24.1 Å². The lowest BCUT2D eigenvalue weighted by Crippen LogP contribution is -2.15. The van der Waals surface area contributed by atoms with Crippen LogP contribution in [0.2, 0.25) is 0 Å². The molecule has 118 valence electrons. The molecule has 0 aliphatic rings. The summed E-state index contributed by atoms with van der Waals surface area (Å²) in [7, 11) is 4.11. The molecule has 2 N–H and O–H groups in total. The lowest BCUT2D eigenvalue weighted by Gasteiger charge is -2.12. The first-order chi connectivity index (χ1) is 11.1. The normalized spacial score (nSPS) is 11.3. The molecule has 0 saturated carbocycles. The second kappa shape index (κ2) is 6.26. The fraction of sp³-hybridized carbons (Fsp3) is 0.211. The number of phenolic OH excluding ortho intramolecular Hbond substituents is 1. The topological polar surface area (TPSA) is 56.3 Å². The van der Waals surface area contributed by atoms with E-state index in [1.54, 1.807) is 24.4 Å². The molecule has 0 unspecified atom stereocenters. The number of nitrogens with zero attached hydrogens (tertiary/aromatic N) is 1. The Morgan fingerprint density at radius 1 is 1.13 bits per heavy atom. The molecule has 0 spiro atoms. The number of rotatable bonds is 4. The molecule has 0 atom stereocenters. The van der Waals surface area contributed by atoms with Gasteiger partial charge in [-0.2, -0.15) is 0 Å². The Hall–Kier alpha value is -2.59. The largest absolute Gasteiger partial charge is 0.507 e. The van der Waals surface area contributed by atoms with Gasteiger partial charge in [0.25, 0.3) is 5.56 Å². The van der Waals surface area contributed by atoms with E-state index in [4.69, 9.17) is 0 Å². The molecule has 0 bridgehead atoms. The summed E-state index contributed by atoms with van der Waals surface area (Å²) in [4.78, 5) is 16.9. The van der Waals surface area contributed by atoms with Gasteiger partial charge in [-0.3, -0.25) is 4.79 Å². The first kappa shape index (κ1) is 15.3. The smallest absolute Gasteiger partial charge is 0.255 e. The highest BCUT2D eigenvalue weighted by atomic mass is 16.3. The second-order valence-electron chi connectivity index (χ2n) is 5.98. The number of likely N-dealkylation sites (N-methyl/N-ethyl adjacent to an activating group) is 1. The highest BCUT2D eigenvalue weighted by Gasteiger charge is 2.11. The Morgan fingerprint density at radius 2 is 1.91 bits per heavy atom. The summed E-state index contributed by atoms with van der Waals surface area (Å²) in [6.07, 6.45) is 2.63. The van der Waals surface area contributed by atoms with Crippen molar-refractivity contribution < 1.29 is 5.11 Å². The van der Waals surface area contributed by atoms with Crippen molar-refractivity contribution in [2.24, 2.45) is 0 Å². The first-order valence-electron chi connectivity index (χ1n) is 7.63. The van der Waals surface area contributed by atoms with Crippen LogP contribution in [0.1, 0.15) is 5.56 Å². The number of fused-ring (bicyclic) bond motifs is 1. The Morgan fingerprint density at radius 3 is 2.70 bits per heavy atom. The lowest BCUT2D eigenvalue weighted by atomic mass is 9.98. The van der Waals surface area contributed by atoms with E-state index in [1.165, 1.54) is 5.56 Å². The summed E-state index contributed by atoms with van der Waals surface area (Å²) < 4.78 is 0. The van der Waals surface area contributed by atoms with Crippen LogP contribution in [0.15, 0.2) is 53.5 Å². The third kappa shape index (κ3) is 3.12. The molecule has 3 rings (SSSR count). The maximum absolute atomic E-state index is 12.0. The predicted molar refractivity (Wildman–Crippen MR) is 93.9 cm³/mol. The van der Waals surface area contributed by atoms with Crippen LogP contribution < -0.4 is 5.56 Å². The van der Waals surface area contributed by atoms with Crippen LogP contribution in [0.3, 0.4) is 0 Å². The highest BCUT2D eigenvalue weighted by molar-refractivity contribution is 5.99. The van der Waals surface area contributed by atoms with Crippen molar-refractivity contribution in [3.8, 4) is 16.9 Å². The predicted octanol–water partition coefficient (Wildman–Crippen LogP) is 3.00. The number of nitrogens with one attached hydrogen (secondary N) is 1. The number of benzene rings is 2. The van der Waals surface area contributed by atoms with Gasteiger partial charge in [-0.15, -0.1) is 0 Å². The molecule has 0 radical (unpaired) electrons. The molecule has 0 amide bonds. The molecule has 0 aliphatic heterocycles. The summed E-state index contributed by atoms with van der Waals surface area (Å²) in [5, 5.41) is 11.3. The van der Waals surface area contributed by atoms with E-state index in [1.807, 2.05) is 12.1 Å². The zero-order valence-corrected chi connectivity index (χ0v) is 13.3. The van der Waals surface area contributed by atoms with Crippen LogP contribution >= 0.6 is 0 Å². The lowest BCUT2D eigenvalue weighted by molar-refractivity contribution is 0.413. The zero-order valence-electron chi connectivity index (χ0n) is 13.3. The van der Waals surface area contributed by atoms with Gasteiger partial charge >= 0.3 is 0 Å². The van der Waals surface area contributed by atoms with E-state index in [0.29, 0.717) is 10.8 Å². The number of hydrogen-bond acceptors (Lipinski definition) is 3. The summed E-state index contributed by atoms with van der Waals surface area (Å²) >= 11 is 0. The van der Waals surface area contributed by atoms with E-state index >= 15 is 0 Å². The fourth-order valence-electron chi connectivity index (χ4n) is 2.77. The molecule has 1 heterocycles. The van der Waals surface area contributed by atoms with Crippen molar-refractivity contribution in [3.63, 3.8) is 0 Å². The molecule has 2 aromatic carbocycles. The van der Waals surface area contributed by atoms with E-state index in [2.05, 4.69) is 36.1 Å². The average Bonchev–Trinajstić information content (AvgIpc) is 2.54. The Kier molecular flexibility index (Phi) is 4.17. The van der Waals surface area contributed by atoms with Crippen LogP contribution in [0, 0.1) is 0 Å². The van der Waals surface area contributed by atoms with Crippen molar-refractivity contribution in [2.45, 2.75) is 6.42 Å². The molecule has 0 fully saturated rings. The zero-order chi connectivity index (χ0) is 16.4. The van der Waals surface area contributed by atoms with Gasteiger partial charge in [0.1, 0.15) is 5.75 Å². The number of aromatic nitrogens is 1.